The number of nitrogens with one attached hydrogen (secondary N) is 2. The molecule has 2 aliphatic heterocycles. The predicted molar refractivity (Wildman–Crippen MR) is 166 cm³/mol. The minimum absolute atomic E-state index is 0.0236. The van der Waals surface area contributed by atoms with Crippen molar-refractivity contribution in [3.05, 3.63) is 94.5 Å². The van der Waals surface area contributed by atoms with Crippen LogP contribution < -0.4 is 20.1 Å². The zero-order valence-corrected chi connectivity index (χ0v) is 25.8. The van der Waals surface area contributed by atoms with Crippen LogP contribution in [-0.4, -0.2) is 54.6 Å². The Hall–Kier alpha value is -4.04. The van der Waals surface area contributed by atoms with E-state index in [9.17, 15) is 9.59 Å². The van der Waals surface area contributed by atoms with Gasteiger partial charge in [-0.05, 0) is 51.0 Å². The summed E-state index contributed by atoms with van der Waals surface area (Å²) in [5.41, 5.74) is 5.21. The van der Waals surface area contributed by atoms with Crippen LogP contribution in [0.15, 0.2) is 66.7 Å². The molecule has 8 heteroatoms. The highest BCUT2D eigenvalue weighted by Crippen LogP contribution is 2.48. The number of benzene rings is 3. The Kier molecular flexibility index (Phi) is 10.1. The number of aryl methyl sites for hydroxylation is 2. The molecule has 224 valence electrons. The number of hydrogen-bond acceptors (Lipinski definition) is 5. The van der Waals surface area contributed by atoms with Gasteiger partial charge in [-0.25, -0.2) is 4.79 Å². The molecule has 2 fully saturated rings. The van der Waals surface area contributed by atoms with Gasteiger partial charge in [-0.15, -0.1) is 0 Å². The molecule has 2 heterocycles. The number of urea groups is 1. The average Bonchev–Trinajstić information content (AvgIpc) is 3.38. The zero-order chi connectivity index (χ0) is 30.4. The number of carbonyl (C=O) groups excluding carboxylic acids is 2. The number of amides is 3. The first-order valence-corrected chi connectivity index (χ1v) is 14.8. The maximum Gasteiger partial charge on any atom is 0.322 e. The molecule has 2 aliphatic rings. The van der Waals surface area contributed by atoms with E-state index >= 15 is 0 Å². The average molecular weight is 573 g/mol. The number of hydrogen-bond donors (Lipinski definition) is 2. The Balaban J connectivity index is 0.00000198. The van der Waals surface area contributed by atoms with Crippen molar-refractivity contribution >= 4 is 11.9 Å². The van der Waals surface area contributed by atoms with Gasteiger partial charge in [-0.2, -0.15) is 0 Å². The normalized spacial score (nSPS) is 20.1. The largest absolute Gasteiger partial charge is 0.497 e. The maximum absolute atomic E-state index is 14.5. The summed E-state index contributed by atoms with van der Waals surface area (Å²) < 4.78 is 11.8. The van der Waals surface area contributed by atoms with Crippen LogP contribution in [0, 0.1) is 13.8 Å². The number of rotatable bonds is 6. The lowest BCUT2D eigenvalue weighted by molar-refractivity contribution is -0.123. The van der Waals surface area contributed by atoms with Gasteiger partial charge in [-0.3, -0.25) is 15.0 Å². The topological polar surface area (TPSA) is 83.1 Å². The van der Waals surface area contributed by atoms with E-state index in [4.69, 9.17) is 9.47 Å². The Morgan fingerprint density at radius 2 is 1.69 bits per heavy atom. The quantitative estimate of drug-likeness (QED) is 0.375. The van der Waals surface area contributed by atoms with Crippen molar-refractivity contribution in [1.82, 2.24) is 20.4 Å². The van der Waals surface area contributed by atoms with E-state index in [0.717, 1.165) is 22.3 Å². The Morgan fingerprint density at radius 1 is 0.952 bits per heavy atom. The van der Waals surface area contributed by atoms with Crippen LogP contribution in [0.4, 0.5) is 4.79 Å². The summed E-state index contributed by atoms with van der Waals surface area (Å²) in [6, 6.07) is 21.7. The molecular weight excluding hydrogens is 528 g/mol. The second-order valence-electron chi connectivity index (χ2n) is 10.8. The van der Waals surface area contributed by atoms with Crippen LogP contribution >= 0.6 is 0 Å². The molecule has 0 bridgehead atoms. The van der Waals surface area contributed by atoms with Crippen molar-refractivity contribution < 1.29 is 19.1 Å². The minimum Gasteiger partial charge on any atom is -0.497 e. The molecule has 3 amide bonds. The van der Waals surface area contributed by atoms with Gasteiger partial charge < -0.3 is 19.7 Å². The zero-order valence-electron chi connectivity index (χ0n) is 25.8. The Bertz CT molecular complexity index is 1370. The monoisotopic (exact) mass is 572 g/mol. The standard InChI is InChI=1S/C32H38N4O4.C2H6/c1-20(2)40-27-18-25(39-5)13-14-26(27)31-34-29(23-11-9-21(3)10-12-23)30(24-8-6-7-22(4)17-24)36(31)32(38)35-16-15-33-28(37)19-35;1-2/h6-14,17-18,20,29-31,34H,15-16,19H2,1-5H3,(H,33,37);1-2H3. The van der Waals surface area contributed by atoms with Crippen LogP contribution in [0.5, 0.6) is 11.5 Å². The van der Waals surface area contributed by atoms with Gasteiger partial charge in [0, 0.05) is 24.7 Å². The fraction of sp³-hybridized carbons (Fsp3) is 0.412. The molecule has 3 aromatic carbocycles. The first-order chi connectivity index (χ1) is 20.2. The van der Waals surface area contributed by atoms with E-state index in [1.165, 1.54) is 5.56 Å². The lowest BCUT2D eigenvalue weighted by Gasteiger charge is -2.37. The van der Waals surface area contributed by atoms with Crippen LogP contribution in [0.2, 0.25) is 0 Å². The highest BCUT2D eigenvalue weighted by molar-refractivity contribution is 5.86. The van der Waals surface area contributed by atoms with Crippen molar-refractivity contribution in [2.75, 3.05) is 26.7 Å². The molecule has 3 aromatic rings. The smallest absolute Gasteiger partial charge is 0.322 e. The van der Waals surface area contributed by atoms with E-state index in [1.54, 1.807) is 12.0 Å². The van der Waals surface area contributed by atoms with Gasteiger partial charge in [-0.1, -0.05) is 73.5 Å². The summed E-state index contributed by atoms with van der Waals surface area (Å²) >= 11 is 0. The molecule has 5 rings (SSSR count). The van der Waals surface area contributed by atoms with E-state index in [1.807, 2.05) is 56.9 Å². The molecule has 0 saturated carbocycles. The third-order valence-corrected chi connectivity index (χ3v) is 7.46. The fourth-order valence-corrected chi connectivity index (χ4v) is 5.58. The van der Waals surface area contributed by atoms with Crippen molar-refractivity contribution in [3.63, 3.8) is 0 Å². The molecule has 2 saturated heterocycles. The highest BCUT2D eigenvalue weighted by Gasteiger charge is 2.48. The SMILES string of the molecule is CC.COc1ccc(C2NC(c3ccc(C)cc3)C(c3cccc(C)c3)N2C(=O)N2CCNC(=O)C2)c(OC(C)C)c1. The van der Waals surface area contributed by atoms with E-state index < -0.39 is 6.17 Å². The van der Waals surface area contributed by atoms with Crippen molar-refractivity contribution in [1.29, 1.82) is 0 Å². The number of nitrogens with zero attached hydrogens (tertiary/aromatic N) is 2. The minimum atomic E-state index is -0.519. The number of carbonyl (C=O) groups is 2. The number of piperazine rings is 1. The van der Waals surface area contributed by atoms with E-state index in [2.05, 4.69) is 66.9 Å². The predicted octanol–water partition coefficient (Wildman–Crippen LogP) is 6.06. The van der Waals surface area contributed by atoms with Crippen molar-refractivity contribution in [3.8, 4) is 11.5 Å². The van der Waals surface area contributed by atoms with Crippen LogP contribution in [-0.2, 0) is 4.79 Å². The van der Waals surface area contributed by atoms with Gasteiger partial charge in [0.05, 0.1) is 25.3 Å². The third kappa shape index (κ3) is 6.71. The van der Waals surface area contributed by atoms with Gasteiger partial charge in [0.15, 0.2) is 0 Å². The first-order valence-electron chi connectivity index (χ1n) is 14.8. The molecule has 42 heavy (non-hydrogen) atoms. The molecule has 3 unspecified atom stereocenters. The van der Waals surface area contributed by atoms with Crippen LogP contribution in [0.1, 0.15) is 73.8 Å². The molecule has 0 radical (unpaired) electrons. The van der Waals surface area contributed by atoms with Gasteiger partial charge in [0.1, 0.15) is 24.2 Å². The van der Waals surface area contributed by atoms with Crippen molar-refractivity contribution in [2.24, 2.45) is 0 Å². The lowest BCUT2D eigenvalue weighted by atomic mass is 9.92. The second-order valence-corrected chi connectivity index (χ2v) is 10.8. The van der Waals surface area contributed by atoms with E-state index in [-0.39, 0.29) is 36.7 Å². The summed E-state index contributed by atoms with van der Waals surface area (Å²) in [6.45, 7) is 13.0. The maximum atomic E-state index is 14.5. The molecule has 0 spiro atoms. The molecule has 0 aromatic heterocycles. The van der Waals surface area contributed by atoms with Crippen LogP contribution in [0.3, 0.4) is 0 Å². The van der Waals surface area contributed by atoms with Gasteiger partial charge >= 0.3 is 6.03 Å². The molecule has 0 aliphatic carbocycles. The highest BCUT2D eigenvalue weighted by atomic mass is 16.5. The fourth-order valence-electron chi connectivity index (χ4n) is 5.58. The van der Waals surface area contributed by atoms with Gasteiger partial charge in [0.2, 0.25) is 5.91 Å². The summed E-state index contributed by atoms with van der Waals surface area (Å²) in [5, 5.41) is 6.63. The van der Waals surface area contributed by atoms with Crippen molar-refractivity contribution in [2.45, 2.75) is 65.9 Å². The van der Waals surface area contributed by atoms with Crippen LogP contribution in [0.25, 0.3) is 0 Å². The number of ether oxygens (including phenoxy) is 2. The summed E-state index contributed by atoms with van der Waals surface area (Å²) in [5.74, 6) is 1.17. The Labute approximate surface area is 250 Å². The van der Waals surface area contributed by atoms with Gasteiger partial charge in [0.25, 0.3) is 0 Å². The first kappa shape index (κ1) is 30.9. The molecule has 8 nitrogen and oxygen atoms in total. The molecule has 3 atom stereocenters. The summed E-state index contributed by atoms with van der Waals surface area (Å²) in [7, 11) is 1.63. The van der Waals surface area contributed by atoms with E-state index in [0.29, 0.717) is 24.6 Å². The third-order valence-electron chi connectivity index (χ3n) is 7.46. The summed E-state index contributed by atoms with van der Waals surface area (Å²) in [6.07, 6.45) is -0.600. The number of methoxy groups -OCH3 is 1. The molecular formula is C34H44N4O4. The second kappa shape index (κ2) is 13.7. The summed E-state index contributed by atoms with van der Waals surface area (Å²) in [4.78, 5) is 30.3. The lowest BCUT2D eigenvalue weighted by Crippen LogP contribution is -2.54. The Morgan fingerprint density at radius 3 is 2.33 bits per heavy atom. The molecule has 2 N–H and O–H groups in total.